The van der Waals surface area contributed by atoms with Crippen molar-refractivity contribution in [1.29, 1.82) is 0 Å². The number of halogens is 3. The highest BCUT2D eigenvalue weighted by atomic mass is 35.5. The maximum Gasteiger partial charge on any atom is 0.272 e. The summed E-state index contributed by atoms with van der Waals surface area (Å²) >= 11 is 11.8. The second-order valence-electron chi connectivity index (χ2n) is 4.87. The van der Waals surface area contributed by atoms with Crippen LogP contribution in [0.5, 0.6) is 0 Å². The number of carbonyl (C=O) groups is 1. The van der Waals surface area contributed by atoms with Gasteiger partial charge in [0.1, 0.15) is 11.5 Å². The molecule has 1 heterocycles. The number of aromatic nitrogens is 1. The summed E-state index contributed by atoms with van der Waals surface area (Å²) in [5.41, 5.74) is 1.61. The number of aryl methyl sites for hydroxylation is 1. The first-order valence-corrected chi connectivity index (χ1v) is 7.22. The number of hydrogen-bond acceptors (Lipinski definition) is 1. The van der Waals surface area contributed by atoms with Crippen LogP contribution in [0.4, 0.5) is 10.1 Å². The van der Waals surface area contributed by atoms with Gasteiger partial charge in [0.05, 0.1) is 15.6 Å². The maximum atomic E-state index is 13.3. The smallest absolute Gasteiger partial charge is 0.272 e. The summed E-state index contributed by atoms with van der Waals surface area (Å²) in [5, 5.41) is 4.32. The molecule has 1 amide bonds. The average molecular weight is 337 g/mol. The van der Waals surface area contributed by atoms with E-state index in [0.29, 0.717) is 26.9 Å². The topological polar surface area (TPSA) is 34.0 Å². The number of carbonyl (C=O) groups excluding carboxylic acids is 1. The first-order valence-electron chi connectivity index (χ1n) is 6.47. The Labute approximate surface area is 136 Å². The van der Waals surface area contributed by atoms with E-state index in [1.54, 1.807) is 41.9 Å². The molecular formula is C16H11Cl2FN2O. The van der Waals surface area contributed by atoms with E-state index in [4.69, 9.17) is 23.2 Å². The molecule has 1 aromatic heterocycles. The fourth-order valence-electron chi connectivity index (χ4n) is 2.29. The summed E-state index contributed by atoms with van der Waals surface area (Å²) in [7, 11) is 1.71. The Hall–Kier alpha value is -2.04. The second kappa shape index (κ2) is 5.63. The molecule has 112 valence electrons. The molecule has 22 heavy (non-hydrogen) atoms. The molecule has 3 nitrogen and oxygen atoms in total. The predicted molar refractivity (Wildman–Crippen MR) is 87.3 cm³/mol. The van der Waals surface area contributed by atoms with Gasteiger partial charge in [-0.3, -0.25) is 4.79 Å². The summed E-state index contributed by atoms with van der Waals surface area (Å²) < 4.78 is 15.0. The largest absolute Gasteiger partial charge is 0.340 e. The van der Waals surface area contributed by atoms with Gasteiger partial charge in [-0.2, -0.15) is 0 Å². The number of hydrogen-bond donors (Lipinski definition) is 1. The SMILES string of the molecule is Cn1c(C(=O)Nc2ccc(Cl)c(Cl)c2)cc2ccc(F)cc21. The highest BCUT2D eigenvalue weighted by Crippen LogP contribution is 2.26. The highest BCUT2D eigenvalue weighted by Gasteiger charge is 2.14. The van der Waals surface area contributed by atoms with Gasteiger partial charge < -0.3 is 9.88 Å². The van der Waals surface area contributed by atoms with Crippen LogP contribution in [-0.2, 0) is 7.05 Å². The summed E-state index contributed by atoms with van der Waals surface area (Å²) in [4.78, 5) is 12.4. The quantitative estimate of drug-likeness (QED) is 0.711. The Morgan fingerprint density at radius 2 is 1.86 bits per heavy atom. The number of amides is 1. The van der Waals surface area contributed by atoms with E-state index < -0.39 is 0 Å². The van der Waals surface area contributed by atoms with E-state index in [1.165, 1.54) is 12.1 Å². The van der Waals surface area contributed by atoms with Gasteiger partial charge in [-0.15, -0.1) is 0 Å². The van der Waals surface area contributed by atoms with Gasteiger partial charge in [0.15, 0.2) is 0 Å². The van der Waals surface area contributed by atoms with E-state index in [2.05, 4.69) is 5.32 Å². The average Bonchev–Trinajstić information content (AvgIpc) is 2.80. The number of benzene rings is 2. The van der Waals surface area contributed by atoms with Crippen molar-refractivity contribution >= 4 is 45.7 Å². The van der Waals surface area contributed by atoms with Crippen molar-refractivity contribution in [3.63, 3.8) is 0 Å². The molecule has 0 saturated heterocycles. The lowest BCUT2D eigenvalue weighted by Crippen LogP contribution is -2.15. The normalized spacial score (nSPS) is 10.9. The van der Waals surface area contributed by atoms with Crippen molar-refractivity contribution in [3.05, 3.63) is 64.0 Å². The standard InChI is InChI=1S/C16H11Cl2FN2O/c1-21-14-7-10(19)3-2-9(14)6-15(21)16(22)20-11-4-5-12(17)13(18)8-11/h2-8H,1H3,(H,20,22). The lowest BCUT2D eigenvalue weighted by molar-refractivity contribution is 0.102. The molecule has 0 unspecified atom stereocenters. The molecule has 0 radical (unpaired) electrons. The fraction of sp³-hybridized carbons (Fsp3) is 0.0625. The van der Waals surface area contributed by atoms with E-state index >= 15 is 0 Å². The zero-order valence-electron chi connectivity index (χ0n) is 11.5. The zero-order valence-corrected chi connectivity index (χ0v) is 13.0. The first-order chi connectivity index (χ1) is 10.5. The van der Waals surface area contributed by atoms with Gasteiger partial charge in [0.2, 0.25) is 0 Å². The molecule has 0 spiro atoms. The minimum absolute atomic E-state index is 0.308. The molecule has 3 aromatic rings. The number of fused-ring (bicyclic) bond motifs is 1. The van der Waals surface area contributed by atoms with Gasteiger partial charge in [-0.25, -0.2) is 4.39 Å². The maximum absolute atomic E-state index is 13.3. The molecule has 0 bridgehead atoms. The molecule has 6 heteroatoms. The third-order valence-corrected chi connectivity index (χ3v) is 4.16. The van der Waals surface area contributed by atoms with Crippen LogP contribution in [-0.4, -0.2) is 10.5 Å². The van der Waals surface area contributed by atoms with Crippen molar-refractivity contribution < 1.29 is 9.18 Å². The molecule has 0 fully saturated rings. The van der Waals surface area contributed by atoms with Crippen molar-refractivity contribution in [2.45, 2.75) is 0 Å². The van der Waals surface area contributed by atoms with Gasteiger partial charge in [0, 0.05) is 18.1 Å². The third kappa shape index (κ3) is 2.67. The Morgan fingerprint density at radius 3 is 2.59 bits per heavy atom. The van der Waals surface area contributed by atoms with Gasteiger partial charge in [-0.1, -0.05) is 23.2 Å². The fourth-order valence-corrected chi connectivity index (χ4v) is 2.59. The van der Waals surface area contributed by atoms with Crippen molar-refractivity contribution in [3.8, 4) is 0 Å². The number of nitrogens with zero attached hydrogens (tertiary/aromatic N) is 1. The van der Waals surface area contributed by atoms with E-state index in [-0.39, 0.29) is 11.7 Å². The molecule has 1 N–H and O–H groups in total. The van der Waals surface area contributed by atoms with Gasteiger partial charge in [-0.05, 0) is 42.5 Å². The lowest BCUT2D eigenvalue weighted by Gasteiger charge is -2.07. The van der Waals surface area contributed by atoms with E-state index in [0.717, 1.165) is 5.39 Å². The van der Waals surface area contributed by atoms with Crippen LogP contribution in [0.1, 0.15) is 10.5 Å². The van der Waals surface area contributed by atoms with Crippen molar-refractivity contribution in [2.75, 3.05) is 5.32 Å². The second-order valence-corrected chi connectivity index (χ2v) is 5.69. The van der Waals surface area contributed by atoms with Crippen LogP contribution < -0.4 is 5.32 Å². The Kier molecular flexibility index (Phi) is 3.81. The predicted octanol–water partition coefficient (Wildman–Crippen LogP) is 4.88. The highest BCUT2D eigenvalue weighted by molar-refractivity contribution is 6.42. The minimum Gasteiger partial charge on any atom is -0.340 e. The number of rotatable bonds is 2. The molecule has 0 saturated carbocycles. The molecule has 0 aliphatic rings. The summed E-state index contributed by atoms with van der Waals surface area (Å²) in [6.07, 6.45) is 0. The van der Waals surface area contributed by atoms with Crippen LogP contribution in [0, 0.1) is 5.82 Å². The van der Waals surface area contributed by atoms with Crippen LogP contribution in [0.3, 0.4) is 0 Å². The van der Waals surface area contributed by atoms with Crippen LogP contribution >= 0.6 is 23.2 Å². The van der Waals surface area contributed by atoms with Crippen LogP contribution in [0.2, 0.25) is 10.0 Å². The Bertz CT molecular complexity index is 889. The monoisotopic (exact) mass is 336 g/mol. The molecule has 2 aromatic carbocycles. The Balaban J connectivity index is 1.95. The Morgan fingerprint density at radius 1 is 1.09 bits per heavy atom. The molecule has 0 atom stereocenters. The van der Waals surface area contributed by atoms with E-state index in [1.807, 2.05) is 0 Å². The number of nitrogens with one attached hydrogen (secondary N) is 1. The molecular weight excluding hydrogens is 326 g/mol. The summed E-state index contributed by atoms with van der Waals surface area (Å²) in [6.45, 7) is 0. The van der Waals surface area contributed by atoms with Crippen LogP contribution in [0.15, 0.2) is 42.5 Å². The third-order valence-electron chi connectivity index (χ3n) is 3.42. The summed E-state index contributed by atoms with van der Waals surface area (Å²) in [6, 6.07) is 10.9. The first kappa shape index (κ1) is 14.9. The van der Waals surface area contributed by atoms with Crippen molar-refractivity contribution in [2.24, 2.45) is 7.05 Å². The lowest BCUT2D eigenvalue weighted by atomic mass is 10.2. The zero-order chi connectivity index (χ0) is 15.9. The molecule has 3 rings (SSSR count). The van der Waals surface area contributed by atoms with E-state index in [9.17, 15) is 9.18 Å². The van der Waals surface area contributed by atoms with Gasteiger partial charge >= 0.3 is 0 Å². The van der Waals surface area contributed by atoms with Crippen LogP contribution in [0.25, 0.3) is 10.9 Å². The molecule has 0 aliphatic carbocycles. The van der Waals surface area contributed by atoms with Gasteiger partial charge in [0.25, 0.3) is 5.91 Å². The van der Waals surface area contributed by atoms with Crippen molar-refractivity contribution in [1.82, 2.24) is 4.57 Å². The molecule has 0 aliphatic heterocycles. The number of anilines is 1. The minimum atomic E-state index is -0.342. The summed E-state index contributed by atoms with van der Waals surface area (Å²) in [5.74, 6) is -0.650.